The highest BCUT2D eigenvalue weighted by molar-refractivity contribution is 7.59. The number of aliphatic carboxylic acids is 1. The van der Waals surface area contributed by atoms with Crippen LogP contribution in [-0.2, 0) is 11.4 Å². The van der Waals surface area contributed by atoms with Gasteiger partial charge in [0.15, 0.2) is 5.69 Å². The molecule has 4 rings (SSSR count). The number of hydrogen-bond donors (Lipinski definition) is 1. The van der Waals surface area contributed by atoms with Crippen LogP contribution in [0.25, 0.3) is 5.69 Å². The Morgan fingerprint density at radius 2 is 1.97 bits per heavy atom. The third-order valence-corrected chi connectivity index (χ3v) is 5.67. The number of methoxy groups -OCH3 is 1. The molecule has 8 nitrogen and oxygen atoms in total. The zero-order chi connectivity index (χ0) is 24.2. The van der Waals surface area contributed by atoms with Crippen molar-refractivity contribution in [1.82, 2.24) is 15.0 Å². The average molecular weight is 504 g/mol. The molecule has 0 saturated heterocycles. The molecule has 0 aliphatic heterocycles. The van der Waals surface area contributed by atoms with Crippen molar-refractivity contribution in [2.75, 3.05) is 7.11 Å². The lowest BCUT2D eigenvalue weighted by Crippen LogP contribution is -2.13. The van der Waals surface area contributed by atoms with E-state index in [9.17, 15) is 14.3 Å². The summed E-state index contributed by atoms with van der Waals surface area (Å²) in [6, 6.07) is 11.8. The molecule has 2 aromatic carbocycles. The van der Waals surface area contributed by atoms with Gasteiger partial charge in [0, 0.05) is 6.07 Å². The van der Waals surface area contributed by atoms with Crippen molar-refractivity contribution in [2.45, 2.75) is 51.7 Å². The summed E-state index contributed by atoms with van der Waals surface area (Å²) in [5, 5.41) is 17.6. The van der Waals surface area contributed by atoms with Crippen molar-refractivity contribution in [3.8, 4) is 23.1 Å². The lowest BCUT2D eigenvalue weighted by molar-refractivity contribution is -0.137. The Morgan fingerprint density at radius 1 is 1.20 bits per heavy atom. The number of rotatable bonds is 11. The van der Waals surface area contributed by atoms with Gasteiger partial charge in [-0.25, -0.2) is 4.39 Å². The van der Waals surface area contributed by atoms with Crippen LogP contribution in [0.1, 0.15) is 50.3 Å². The maximum atomic E-state index is 14.6. The fourth-order valence-electron chi connectivity index (χ4n) is 3.91. The van der Waals surface area contributed by atoms with Gasteiger partial charge in [-0.1, -0.05) is 17.3 Å². The summed E-state index contributed by atoms with van der Waals surface area (Å²) in [5.74, 6) is 0.409. The van der Waals surface area contributed by atoms with Crippen LogP contribution in [-0.4, -0.2) is 39.3 Å². The molecule has 1 aromatic heterocycles. The second kappa shape index (κ2) is 11.4. The summed E-state index contributed by atoms with van der Waals surface area (Å²) in [6.45, 7) is 3.76. The Kier molecular flexibility index (Phi) is 8.61. The molecule has 1 heterocycles. The van der Waals surface area contributed by atoms with E-state index in [1.807, 2.05) is 38.1 Å². The number of benzene rings is 2. The summed E-state index contributed by atoms with van der Waals surface area (Å²) in [4.78, 5) is 11.3. The number of hydrogen-bond acceptors (Lipinski definition) is 6. The summed E-state index contributed by atoms with van der Waals surface area (Å²) < 4.78 is 33.0. The number of halogens is 1. The minimum Gasteiger partial charge on any atom is -0.497 e. The molecule has 0 unspecified atom stereocenters. The van der Waals surface area contributed by atoms with Crippen LogP contribution in [0, 0.1) is 11.7 Å². The third-order valence-electron chi connectivity index (χ3n) is 5.67. The SMILES string of the molecule is COc1ccc(F)c(-n2nnc(COc3cccc([C@@H](CC(=O)O)C4CC4)c3)c2OC(C)C)c1.S. The zero-order valence-corrected chi connectivity index (χ0v) is 20.9. The van der Waals surface area contributed by atoms with Crippen molar-refractivity contribution >= 4 is 19.5 Å². The molecule has 1 N–H and O–H groups in total. The van der Waals surface area contributed by atoms with Crippen LogP contribution < -0.4 is 14.2 Å². The van der Waals surface area contributed by atoms with Crippen molar-refractivity contribution in [3.05, 3.63) is 59.5 Å². The Labute approximate surface area is 210 Å². The number of carboxylic acid groups (broad SMARTS) is 1. The van der Waals surface area contributed by atoms with Gasteiger partial charge in [0.25, 0.3) is 0 Å². The van der Waals surface area contributed by atoms with Crippen LogP contribution in [0.4, 0.5) is 4.39 Å². The minimum absolute atomic E-state index is 0. The molecule has 1 atom stereocenters. The molecule has 0 spiro atoms. The van der Waals surface area contributed by atoms with E-state index in [-0.39, 0.29) is 50.1 Å². The van der Waals surface area contributed by atoms with E-state index in [2.05, 4.69) is 10.3 Å². The Bertz CT molecular complexity index is 1170. The van der Waals surface area contributed by atoms with Crippen LogP contribution in [0.5, 0.6) is 17.4 Å². The second-order valence-corrected chi connectivity index (χ2v) is 8.64. The molecule has 1 fully saturated rings. The fourth-order valence-corrected chi connectivity index (χ4v) is 3.91. The molecule has 3 aromatic rings. The van der Waals surface area contributed by atoms with E-state index < -0.39 is 11.8 Å². The molecule has 1 aliphatic carbocycles. The van der Waals surface area contributed by atoms with Crippen LogP contribution >= 0.6 is 13.5 Å². The molecule has 35 heavy (non-hydrogen) atoms. The molecule has 1 aliphatic rings. The highest BCUT2D eigenvalue weighted by Gasteiger charge is 2.34. The maximum absolute atomic E-state index is 14.6. The van der Waals surface area contributed by atoms with Gasteiger partial charge in [0.05, 0.1) is 19.6 Å². The quantitative estimate of drug-likeness (QED) is 0.399. The molecule has 0 radical (unpaired) electrons. The number of carboxylic acids is 1. The van der Waals surface area contributed by atoms with E-state index in [1.54, 1.807) is 0 Å². The number of carbonyl (C=O) groups is 1. The standard InChI is InChI=1S/C25H28FN3O5.H2S/c1-15(2)34-25-22(27-28-29(25)23-12-18(32-3)9-10-21(23)26)14-33-19-6-4-5-17(11-19)20(13-24(30)31)16-7-8-16;/h4-6,9-12,15-16,20H,7-8,13-14H2,1-3H3,(H,30,31);1H2/t20-;/m0./s1. The normalized spacial score (nSPS) is 13.7. The second-order valence-electron chi connectivity index (χ2n) is 8.64. The Hall–Kier alpha value is -3.27. The lowest BCUT2D eigenvalue weighted by atomic mass is 9.91. The predicted octanol–water partition coefficient (Wildman–Crippen LogP) is 4.86. The van der Waals surface area contributed by atoms with E-state index in [0.29, 0.717) is 23.1 Å². The summed E-state index contributed by atoms with van der Waals surface area (Å²) in [6.07, 6.45) is 1.98. The molecule has 1 saturated carbocycles. The van der Waals surface area contributed by atoms with E-state index in [4.69, 9.17) is 14.2 Å². The van der Waals surface area contributed by atoms with Crippen molar-refractivity contribution < 1.29 is 28.5 Å². The summed E-state index contributed by atoms with van der Waals surface area (Å²) in [5.41, 5.74) is 1.51. The van der Waals surface area contributed by atoms with Crippen molar-refractivity contribution in [1.29, 1.82) is 0 Å². The highest BCUT2D eigenvalue weighted by atomic mass is 32.1. The molecular weight excluding hydrogens is 473 g/mol. The van der Waals surface area contributed by atoms with Crippen molar-refractivity contribution in [2.24, 2.45) is 5.92 Å². The largest absolute Gasteiger partial charge is 0.497 e. The van der Waals surface area contributed by atoms with Gasteiger partial charge in [-0.2, -0.15) is 18.2 Å². The van der Waals surface area contributed by atoms with Gasteiger partial charge in [0.2, 0.25) is 5.88 Å². The molecule has 0 bridgehead atoms. The smallest absolute Gasteiger partial charge is 0.303 e. The predicted molar refractivity (Wildman–Crippen MR) is 133 cm³/mol. The molecule has 0 amide bonds. The third kappa shape index (κ3) is 6.45. The van der Waals surface area contributed by atoms with E-state index in [1.165, 1.54) is 30.0 Å². The van der Waals surface area contributed by atoms with E-state index >= 15 is 0 Å². The zero-order valence-electron chi connectivity index (χ0n) is 19.9. The Morgan fingerprint density at radius 3 is 2.63 bits per heavy atom. The molecular formula is C25H30FN3O5S. The van der Waals surface area contributed by atoms with Gasteiger partial charge in [-0.05, 0) is 68.4 Å². The van der Waals surface area contributed by atoms with Crippen LogP contribution in [0.2, 0.25) is 0 Å². The number of ether oxygens (including phenoxy) is 3. The first kappa shape index (κ1) is 26.3. The fraction of sp³-hybridized carbons (Fsp3) is 0.400. The monoisotopic (exact) mass is 503 g/mol. The van der Waals surface area contributed by atoms with Gasteiger partial charge in [-0.3, -0.25) is 4.79 Å². The van der Waals surface area contributed by atoms with Gasteiger partial charge in [0.1, 0.15) is 29.6 Å². The average Bonchev–Trinajstić information content (AvgIpc) is 3.58. The highest BCUT2D eigenvalue weighted by Crippen LogP contribution is 2.45. The number of nitrogens with zero attached hydrogens (tertiary/aromatic N) is 3. The van der Waals surface area contributed by atoms with Crippen molar-refractivity contribution in [3.63, 3.8) is 0 Å². The summed E-state index contributed by atoms with van der Waals surface area (Å²) in [7, 11) is 1.50. The minimum atomic E-state index is -0.805. The number of aromatic nitrogens is 3. The first-order valence-electron chi connectivity index (χ1n) is 11.3. The summed E-state index contributed by atoms with van der Waals surface area (Å²) >= 11 is 0. The first-order chi connectivity index (χ1) is 16.4. The van der Waals surface area contributed by atoms with E-state index in [0.717, 1.165) is 18.4 Å². The molecule has 10 heteroatoms. The van der Waals surface area contributed by atoms with Crippen LogP contribution in [0.3, 0.4) is 0 Å². The van der Waals surface area contributed by atoms with Gasteiger partial charge in [-0.15, -0.1) is 5.10 Å². The topological polar surface area (TPSA) is 95.7 Å². The Balaban J connectivity index is 0.00000342. The van der Waals surface area contributed by atoms with Gasteiger partial charge < -0.3 is 19.3 Å². The van der Waals surface area contributed by atoms with Gasteiger partial charge >= 0.3 is 5.97 Å². The molecule has 188 valence electrons. The first-order valence-corrected chi connectivity index (χ1v) is 11.3. The van der Waals surface area contributed by atoms with Crippen LogP contribution in [0.15, 0.2) is 42.5 Å². The maximum Gasteiger partial charge on any atom is 0.303 e. The lowest BCUT2D eigenvalue weighted by Gasteiger charge is -2.16.